The molecule has 2 aliphatic rings. The molecule has 1 saturated carbocycles. The zero-order chi connectivity index (χ0) is 12.4. The van der Waals surface area contributed by atoms with Crippen LogP contribution in [0.3, 0.4) is 0 Å². The van der Waals surface area contributed by atoms with Crippen LogP contribution in [0, 0.1) is 5.92 Å². The summed E-state index contributed by atoms with van der Waals surface area (Å²) in [5.74, 6) is 1.60. The molecule has 1 aliphatic carbocycles. The number of piperazine rings is 1. The molecule has 0 spiro atoms. The highest BCUT2D eigenvalue weighted by molar-refractivity contribution is 5.85. The maximum absolute atomic E-state index is 11.7. The summed E-state index contributed by atoms with van der Waals surface area (Å²) in [4.78, 5) is 24.7. The summed E-state index contributed by atoms with van der Waals surface area (Å²) in [6.07, 6.45) is 5.75. The summed E-state index contributed by atoms with van der Waals surface area (Å²) < 4.78 is 0. The predicted molar refractivity (Wildman–Crippen MR) is 68.4 cm³/mol. The third-order valence-electron chi connectivity index (χ3n) is 3.62. The Hall–Kier alpha value is -1.49. The van der Waals surface area contributed by atoms with Gasteiger partial charge in [-0.25, -0.2) is 9.97 Å². The van der Waals surface area contributed by atoms with E-state index < -0.39 is 0 Å². The summed E-state index contributed by atoms with van der Waals surface area (Å²) in [5, 5.41) is 0. The van der Waals surface area contributed by atoms with Crippen LogP contribution in [0.1, 0.15) is 12.8 Å². The zero-order valence-corrected chi connectivity index (χ0v) is 10.5. The van der Waals surface area contributed by atoms with Crippen molar-refractivity contribution in [2.24, 2.45) is 5.92 Å². The topological polar surface area (TPSA) is 49.3 Å². The van der Waals surface area contributed by atoms with Gasteiger partial charge in [0, 0.05) is 44.5 Å². The van der Waals surface area contributed by atoms with Crippen LogP contribution in [-0.2, 0) is 4.79 Å². The molecule has 1 aromatic heterocycles. The molecule has 96 valence electrons. The molecule has 0 radical (unpaired) electrons. The maximum atomic E-state index is 11.7. The fourth-order valence-electron chi connectivity index (χ4n) is 2.32. The number of aromatic nitrogens is 2. The van der Waals surface area contributed by atoms with Crippen molar-refractivity contribution >= 4 is 11.7 Å². The average Bonchev–Trinajstić information content (AvgIpc) is 3.25. The Morgan fingerprint density at radius 1 is 1.17 bits per heavy atom. The number of ketones is 1. The SMILES string of the molecule is O=C(CN1CCN(c2ncccn2)CC1)C1CC1. The molecule has 5 nitrogen and oxygen atoms in total. The van der Waals surface area contributed by atoms with Crippen LogP contribution in [0.4, 0.5) is 5.95 Å². The number of carbonyl (C=O) groups excluding carboxylic acids is 1. The van der Waals surface area contributed by atoms with Crippen molar-refractivity contribution in [3.8, 4) is 0 Å². The highest BCUT2D eigenvalue weighted by Gasteiger charge is 2.31. The Morgan fingerprint density at radius 2 is 1.83 bits per heavy atom. The van der Waals surface area contributed by atoms with Gasteiger partial charge in [-0.15, -0.1) is 0 Å². The van der Waals surface area contributed by atoms with Crippen LogP contribution in [0.15, 0.2) is 18.5 Å². The molecule has 1 saturated heterocycles. The number of anilines is 1. The van der Waals surface area contributed by atoms with Crippen molar-refractivity contribution < 1.29 is 4.79 Å². The molecule has 0 aromatic carbocycles. The molecule has 18 heavy (non-hydrogen) atoms. The second-order valence-electron chi connectivity index (χ2n) is 5.05. The normalized spacial score (nSPS) is 21.0. The minimum Gasteiger partial charge on any atom is -0.338 e. The number of hydrogen-bond acceptors (Lipinski definition) is 5. The van der Waals surface area contributed by atoms with Gasteiger partial charge in [0.1, 0.15) is 5.78 Å². The molecule has 0 unspecified atom stereocenters. The maximum Gasteiger partial charge on any atom is 0.225 e. The molecular weight excluding hydrogens is 228 g/mol. The first kappa shape index (κ1) is 11.6. The standard InChI is InChI=1S/C13H18N4O/c18-12(11-2-3-11)10-16-6-8-17(9-7-16)13-14-4-1-5-15-13/h1,4-5,11H,2-3,6-10H2. The molecule has 0 amide bonds. The lowest BCUT2D eigenvalue weighted by Gasteiger charge is -2.34. The summed E-state index contributed by atoms with van der Waals surface area (Å²) >= 11 is 0. The molecular formula is C13H18N4O. The van der Waals surface area contributed by atoms with Gasteiger partial charge >= 0.3 is 0 Å². The first-order chi connectivity index (χ1) is 8.83. The molecule has 5 heteroatoms. The average molecular weight is 246 g/mol. The molecule has 1 aromatic rings. The highest BCUT2D eigenvalue weighted by Crippen LogP contribution is 2.30. The molecule has 0 atom stereocenters. The van der Waals surface area contributed by atoms with Gasteiger partial charge in [0.2, 0.25) is 5.95 Å². The van der Waals surface area contributed by atoms with Crippen molar-refractivity contribution in [2.45, 2.75) is 12.8 Å². The smallest absolute Gasteiger partial charge is 0.225 e. The number of Topliss-reactive ketones (excluding diaryl/α,β-unsaturated/α-hetero) is 1. The lowest BCUT2D eigenvalue weighted by Crippen LogP contribution is -2.48. The van der Waals surface area contributed by atoms with Gasteiger partial charge < -0.3 is 4.90 Å². The van der Waals surface area contributed by atoms with E-state index in [2.05, 4.69) is 19.8 Å². The molecule has 0 bridgehead atoms. The Bertz CT molecular complexity index is 410. The van der Waals surface area contributed by atoms with Crippen molar-refractivity contribution in [1.82, 2.24) is 14.9 Å². The van der Waals surface area contributed by atoms with Gasteiger partial charge in [0.15, 0.2) is 0 Å². The number of hydrogen-bond donors (Lipinski definition) is 0. The van der Waals surface area contributed by atoms with Crippen LogP contribution in [-0.4, -0.2) is 53.4 Å². The van der Waals surface area contributed by atoms with Crippen LogP contribution in [0.2, 0.25) is 0 Å². The monoisotopic (exact) mass is 246 g/mol. The molecule has 3 rings (SSSR count). The van der Waals surface area contributed by atoms with Crippen molar-refractivity contribution in [3.05, 3.63) is 18.5 Å². The van der Waals surface area contributed by atoms with E-state index in [1.54, 1.807) is 12.4 Å². The molecule has 1 aliphatic heterocycles. The predicted octanol–water partition coefficient (Wildman–Crippen LogP) is 0.578. The fraction of sp³-hybridized carbons (Fsp3) is 0.615. The molecule has 2 fully saturated rings. The van der Waals surface area contributed by atoms with E-state index in [0.717, 1.165) is 45.0 Å². The number of rotatable bonds is 4. The number of carbonyl (C=O) groups is 1. The van der Waals surface area contributed by atoms with E-state index in [0.29, 0.717) is 18.2 Å². The van der Waals surface area contributed by atoms with Gasteiger partial charge in [-0.1, -0.05) is 0 Å². The van der Waals surface area contributed by atoms with Crippen molar-refractivity contribution in [3.63, 3.8) is 0 Å². The molecule has 0 N–H and O–H groups in total. The minimum absolute atomic E-state index is 0.375. The Labute approximate surface area is 107 Å². The van der Waals surface area contributed by atoms with E-state index in [9.17, 15) is 4.79 Å². The van der Waals surface area contributed by atoms with Crippen molar-refractivity contribution in [1.29, 1.82) is 0 Å². The van der Waals surface area contributed by atoms with E-state index in [1.165, 1.54) is 0 Å². The summed E-state index contributed by atoms with van der Waals surface area (Å²) in [5.41, 5.74) is 0. The summed E-state index contributed by atoms with van der Waals surface area (Å²) in [7, 11) is 0. The Morgan fingerprint density at radius 3 is 2.44 bits per heavy atom. The van der Waals surface area contributed by atoms with Crippen LogP contribution < -0.4 is 4.90 Å². The van der Waals surface area contributed by atoms with E-state index in [1.807, 2.05) is 6.07 Å². The van der Waals surface area contributed by atoms with Gasteiger partial charge in [0.05, 0.1) is 6.54 Å². The summed E-state index contributed by atoms with van der Waals surface area (Å²) in [6, 6.07) is 1.83. The molecule has 2 heterocycles. The second-order valence-corrected chi connectivity index (χ2v) is 5.05. The van der Waals surface area contributed by atoms with Crippen LogP contribution in [0.5, 0.6) is 0 Å². The van der Waals surface area contributed by atoms with Crippen LogP contribution in [0.25, 0.3) is 0 Å². The quantitative estimate of drug-likeness (QED) is 0.777. The largest absolute Gasteiger partial charge is 0.338 e. The van der Waals surface area contributed by atoms with E-state index in [4.69, 9.17) is 0 Å². The van der Waals surface area contributed by atoms with E-state index in [-0.39, 0.29) is 0 Å². The Balaban J connectivity index is 1.50. The van der Waals surface area contributed by atoms with E-state index >= 15 is 0 Å². The fourth-order valence-corrected chi connectivity index (χ4v) is 2.32. The lowest BCUT2D eigenvalue weighted by atomic mass is 10.2. The van der Waals surface area contributed by atoms with Gasteiger partial charge in [-0.05, 0) is 18.9 Å². The van der Waals surface area contributed by atoms with Gasteiger partial charge in [0.25, 0.3) is 0 Å². The lowest BCUT2D eigenvalue weighted by molar-refractivity contribution is -0.121. The minimum atomic E-state index is 0.375. The number of nitrogens with zero attached hydrogens (tertiary/aromatic N) is 4. The first-order valence-electron chi connectivity index (χ1n) is 6.60. The first-order valence-corrected chi connectivity index (χ1v) is 6.60. The van der Waals surface area contributed by atoms with Crippen LogP contribution >= 0.6 is 0 Å². The Kier molecular flexibility index (Phi) is 3.23. The third-order valence-corrected chi connectivity index (χ3v) is 3.62. The van der Waals surface area contributed by atoms with Gasteiger partial charge in [-0.2, -0.15) is 0 Å². The second kappa shape index (κ2) is 5.02. The highest BCUT2D eigenvalue weighted by atomic mass is 16.1. The zero-order valence-electron chi connectivity index (χ0n) is 10.5. The third kappa shape index (κ3) is 2.67. The van der Waals surface area contributed by atoms with Gasteiger partial charge in [-0.3, -0.25) is 9.69 Å². The van der Waals surface area contributed by atoms with Crippen molar-refractivity contribution in [2.75, 3.05) is 37.6 Å². The summed E-state index contributed by atoms with van der Waals surface area (Å²) in [6.45, 7) is 4.30.